The van der Waals surface area contributed by atoms with Crippen LogP contribution >= 0.6 is 15.9 Å². The van der Waals surface area contributed by atoms with E-state index in [1.54, 1.807) is 24.3 Å². The molecule has 138 valence electrons. The summed E-state index contributed by atoms with van der Waals surface area (Å²) in [6.45, 7) is 0. The van der Waals surface area contributed by atoms with Crippen LogP contribution in [0.5, 0.6) is 6.01 Å². The SMILES string of the molecule is COC(=O)C(c1ccc(Br)cc1)c1nc(OC(F)C(F)F)ncc1C=O. The first kappa shape index (κ1) is 19.8. The van der Waals surface area contributed by atoms with Gasteiger partial charge in [0.15, 0.2) is 6.29 Å². The van der Waals surface area contributed by atoms with Crippen LogP contribution in [0, 0.1) is 0 Å². The number of esters is 1. The van der Waals surface area contributed by atoms with Gasteiger partial charge in [0, 0.05) is 10.7 Å². The van der Waals surface area contributed by atoms with Gasteiger partial charge in [0.1, 0.15) is 5.92 Å². The number of carbonyl (C=O) groups excluding carboxylic acids is 2. The smallest absolute Gasteiger partial charge is 0.319 e. The van der Waals surface area contributed by atoms with Gasteiger partial charge in [-0.3, -0.25) is 9.59 Å². The summed E-state index contributed by atoms with van der Waals surface area (Å²) in [4.78, 5) is 30.9. The third kappa shape index (κ3) is 4.57. The van der Waals surface area contributed by atoms with Crippen LogP contribution in [0.4, 0.5) is 13.2 Å². The highest BCUT2D eigenvalue weighted by Gasteiger charge is 2.30. The summed E-state index contributed by atoms with van der Waals surface area (Å²) in [5.41, 5.74) is 0.169. The predicted octanol–water partition coefficient (Wildman–Crippen LogP) is 3.30. The van der Waals surface area contributed by atoms with E-state index in [2.05, 4.69) is 30.6 Å². The monoisotopic (exact) mass is 432 g/mol. The van der Waals surface area contributed by atoms with Gasteiger partial charge in [0.05, 0.1) is 18.4 Å². The summed E-state index contributed by atoms with van der Waals surface area (Å²) in [6, 6.07) is 5.74. The first-order chi connectivity index (χ1) is 12.4. The largest absolute Gasteiger partial charge is 0.468 e. The van der Waals surface area contributed by atoms with E-state index in [1.807, 2.05) is 0 Å². The minimum absolute atomic E-state index is 0.0943. The molecule has 2 rings (SSSR count). The van der Waals surface area contributed by atoms with Gasteiger partial charge in [-0.05, 0) is 17.7 Å². The van der Waals surface area contributed by atoms with Crippen molar-refractivity contribution in [3.63, 3.8) is 0 Å². The molecule has 0 saturated heterocycles. The van der Waals surface area contributed by atoms with Crippen LogP contribution in [-0.4, -0.2) is 42.1 Å². The third-order valence-electron chi connectivity index (χ3n) is 3.28. The average molecular weight is 433 g/mol. The zero-order valence-corrected chi connectivity index (χ0v) is 14.8. The number of hydrogen-bond acceptors (Lipinski definition) is 6. The van der Waals surface area contributed by atoms with Crippen molar-refractivity contribution in [1.29, 1.82) is 0 Å². The summed E-state index contributed by atoms with van der Waals surface area (Å²) in [6.07, 6.45) is -5.02. The molecule has 0 bridgehead atoms. The number of aldehydes is 1. The lowest BCUT2D eigenvalue weighted by Gasteiger charge is -2.17. The maximum atomic E-state index is 13.1. The summed E-state index contributed by atoms with van der Waals surface area (Å²) in [5.74, 6) is -1.92. The zero-order chi connectivity index (χ0) is 19.3. The summed E-state index contributed by atoms with van der Waals surface area (Å²) in [5, 5.41) is 0. The standard InChI is InChI=1S/C16H12BrF3N2O4/c1-25-15(24)11(8-2-4-10(17)5-3-8)12-9(7-23)6-21-16(22-12)26-14(20)13(18)19/h2-7,11,13-14H,1H3. The highest BCUT2D eigenvalue weighted by molar-refractivity contribution is 9.10. The Hall–Kier alpha value is -2.49. The van der Waals surface area contributed by atoms with Crippen molar-refractivity contribution in [3.05, 3.63) is 51.8 Å². The normalized spacial score (nSPS) is 13.2. The van der Waals surface area contributed by atoms with Crippen LogP contribution < -0.4 is 4.74 Å². The Balaban J connectivity index is 2.53. The van der Waals surface area contributed by atoms with Gasteiger partial charge in [-0.1, -0.05) is 28.1 Å². The zero-order valence-electron chi connectivity index (χ0n) is 13.2. The molecule has 0 aliphatic heterocycles. The number of nitrogens with zero attached hydrogens (tertiary/aromatic N) is 2. The second kappa shape index (κ2) is 8.75. The van der Waals surface area contributed by atoms with E-state index in [1.165, 1.54) is 0 Å². The second-order valence-corrected chi connectivity index (χ2v) is 5.84. The molecule has 26 heavy (non-hydrogen) atoms. The molecular weight excluding hydrogens is 421 g/mol. The Labute approximate surface area is 154 Å². The molecule has 2 atom stereocenters. The van der Waals surface area contributed by atoms with Crippen molar-refractivity contribution in [1.82, 2.24) is 9.97 Å². The Morgan fingerprint density at radius 2 is 1.88 bits per heavy atom. The number of benzene rings is 1. The van der Waals surface area contributed by atoms with Gasteiger partial charge < -0.3 is 9.47 Å². The highest BCUT2D eigenvalue weighted by Crippen LogP contribution is 2.29. The Morgan fingerprint density at radius 1 is 1.23 bits per heavy atom. The number of ether oxygens (including phenoxy) is 2. The predicted molar refractivity (Wildman–Crippen MR) is 86.9 cm³/mol. The van der Waals surface area contributed by atoms with E-state index in [-0.39, 0.29) is 11.3 Å². The number of halogens is 4. The lowest BCUT2D eigenvalue weighted by molar-refractivity contribution is -0.141. The Kier molecular flexibility index (Phi) is 6.67. The minimum Gasteiger partial charge on any atom is -0.468 e. The van der Waals surface area contributed by atoms with Crippen molar-refractivity contribution in [2.24, 2.45) is 0 Å². The van der Waals surface area contributed by atoms with E-state index in [4.69, 9.17) is 4.74 Å². The minimum atomic E-state index is -3.41. The molecule has 1 heterocycles. The van der Waals surface area contributed by atoms with Crippen LogP contribution in [0.25, 0.3) is 0 Å². The van der Waals surface area contributed by atoms with Gasteiger partial charge in [-0.15, -0.1) is 0 Å². The third-order valence-corrected chi connectivity index (χ3v) is 3.81. The van der Waals surface area contributed by atoms with Crippen molar-refractivity contribution in [2.75, 3.05) is 7.11 Å². The fourth-order valence-corrected chi connectivity index (χ4v) is 2.36. The lowest BCUT2D eigenvalue weighted by Crippen LogP contribution is -2.23. The van der Waals surface area contributed by atoms with Gasteiger partial charge >= 0.3 is 24.8 Å². The number of alkyl halides is 3. The number of aromatic nitrogens is 2. The van der Waals surface area contributed by atoms with E-state index in [0.29, 0.717) is 11.8 Å². The van der Waals surface area contributed by atoms with Gasteiger partial charge in [-0.25, -0.2) is 13.8 Å². The number of methoxy groups -OCH3 is 1. The van der Waals surface area contributed by atoms with E-state index >= 15 is 0 Å². The van der Waals surface area contributed by atoms with Crippen molar-refractivity contribution in [3.8, 4) is 6.01 Å². The quantitative estimate of drug-likeness (QED) is 0.493. The topological polar surface area (TPSA) is 78.4 Å². The molecule has 10 heteroatoms. The fraction of sp³-hybridized carbons (Fsp3) is 0.250. The second-order valence-electron chi connectivity index (χ2n) is 4.92. The molecule has 1 aromatic carbocycles. The molecule has 6 nitrogen and oxygen atoms in total. The van der Waals surface area contributed by atoms with Crippen molar-refractivity contribution >= 4 is 28.2 Å². The molecule has 2 unspecified atom stereocenters. The molecular formula is C16H12BrF3N2O4. The summed E-state index contributed by atoms with van der Waals surface area (Å²) in [7, 11) is 1.14. The highest BCUT2D eigenvalue weighted by atomic mass is 79.9. The number of rotatable bonds is 7. The molecule has 1 aromatic heterocycles. The average Bonchev–Trinajstić information content (AvgIpc) is 2.63. The number of carbonyl (C=O) groups is 2. The van der Waals surface area contributed by atoms with Crippen LogP contribution in [0.1, 0.15) is 27.5 Å². The van der Waals surface area contributed by atoms with Gasteiger partial charge in [-0.2, -0.15) is 9.37 Å². The molecule has 0 fully saturated rings. The van der Waals surface area contributed by atoms with E-state index < -0.39 is 30.7 Å². The maximum Gasteiger partial charge on any atom is 0.319 e. The van der Waals surface area contributed by atoms with E-state index in [0.717, 1.165) is 17.8 Å². The van der Waals surface area contributed by atoms with Crippen molar-refractivity contribution in [2.45, 2.75) is 18.7 Å². The van der Waals surface area contributed by atoms with E-state index in [9.17, 15) is 22.8 Å². The van der Waals surface area contributed by atoms with Gasteiger partial charge in [0.2, 0.25) is 0 Å². The first-order valence-corrected chi connectivity index (χ1v) is 7.91. The molecule has 2 aromatic rings. The Morgan fingerprint density at radius 3 is 2.42 bits per heavy atom. The van der Waals surface area contributed by atoms with Crippen LogP contribution in [0.2, 0.25) is 0 Å². The first-order valence-electron chi connectivity index (χ1n) is 7.11. The van der Waals surface area contributed by atoms with Gasteiger partial charge in [0.25, 0.3) is 0 Å². The molecule has 0 spiro atoms. The van der Waals surface area contributed by atoms with Crippen LogP contribution in [0.15, 0.2) is 34.9 Å². The summed E-state index contributed by atoms with van der Waals surface area (Å²) >= 11 is 3.25. The van der Waals surface area contributed by atoms with Crippen LogP contribution in [0.3, 0.4) is 0 Å². The lowest BCUT2D eigenvalue weighted by atomic mass is 9.93. The summed E-state index contributed by atoms with van der Waals surface area (Å²) < 4.78 is 47.5. The molecule has 0 N–H and O–H groups in total. The van der Waals surface area contributed by atoms with Crippen molar-refractivity contribution < 1.29 is 32.2 Å². The van der Waals surface area contributed by atoms with Crippen LogP contribution in [-0.2, 0) is 9.53 Å². The molecule has 0 saturated carbocycles. The number of hydrogen-bond donors (Lipinski definition) is 0. The molecule has 0 aliphatic rings. The molecule has 0 aliphatic carbocycles. The maximum absolute atomic E-state index is 13.1. The Bertz CT molecular complexity index is 790. The molecule has 0 amide bonds. The fourth-order valence-electron chi connectivity index (χ4n) is 2.10. The molecule has 0 radical (unpaired) electrons.